The molecule has 0 spiro atoms. The first-order valence-electron chi connectivity index (χ1n) is 6.36. The Kier molecular flexibility index (Phi) is 4.73. The van der Waals surface area contributed by atoms with Gasteiger partial charge in [0.25, 0.3) is 0 Å². The van der Waals surface area contributed by atoms with Gasteiger partial charge >= 0.3 is 5.97 Å². The number of ether oxygens (including phenoxy) is 1. The molecule has 1 heterocycles. The molecule has 1 saturated heterocycles. The smallest absolute Gasteiger partial charge is 0.307 e. The third-order valence-corrected chi connectivity index (χ3v) is 3.17. The third kappa shape index (κ3) is 3.82. The topological polar surface area (TPSA) is 58.6 Å². The zero-order valence-corrected chi connectivity index (χ0v) is 10.4. The Morgan fingerprint density at radius 3 is 2.83 bits per heavy atom. The second-order valence-electron chi connectivity index (χ2n) is 4.61. The van der Waals surface area contributed by atoms with Crippen LogP contribution in [0.4, 0.5) is 0 Å². The van der Waals surface area contributed by atoms with Crippen molar-refractivity contribution in [3.8, 4) is 0 Å². The minimum atomic E-state index is -0.790. The number of rotatable bonds is 6. The molecule has 1 unspecified atom stereocenters. The van der Waals surface area contributed by atoms with Crippen molar-refractivity contribution < 1.29 is 14.6 Å². The molecule has 1 aromatic rings. The van der Waals surface area contributed by atoms with Gasteiger partial charge in [-0.25, -0.2) is 0 Å². The van der Waals surface area contributed by atoms with Crippen molar-refractivity contribution in [3.63, 3.8) is 0 Å². The predicted molar refractivity (Wildman–Crippen MR) is 68.5 cm³/mol. The van der Waals surface area contributed by atoms with Gasteiger partial charge in [-0.15, -0.1) is 0 Å². The standard InChI is InChI=1S/C14H19NO3/c16-14(17)8-11-4-1-2-5-12(11)9-15-10-13-6-3-7-18-13/h1-2,4-5,13,15H,3,6-10H2,(H,16,17). The highest BCUT2D eigenvalue weighted by molar-refractivity contribution is 5.70. The molecule has 1 aromatic carbocycles. The van der Waals surface area contributed by atoms with E-state index in [-0.39, 0.29) is 6.42 Å². The lowest BCUT2D eigenvalue weighted by atomic mass is 10.0. The number of hydrogen-bond donors (Lipinski definition) is 2. The molecule has 0 aliphatic carbocycles. The van der Waals surface area contributed by atoms with E-state index in [9.17, 15) is 4.79 Å². The number of carboxylic acid groups (broad SMARTS) is 1. The van der Waals surface area contributed by atoms with Gasteiger partial charge in [-0.05, 0) is 24.0 Å². The first kappa shape index (κ1) is 13.1. The van der Waals surface area contributed by atoms with Crippen molar-refractivity contribution in [2.75, 3.05) is 13.2 Å². The van der Waals surface area contributed by atoms with Gasteiger partial charge < -0.3 is 15.2 Å². The molecule has 2 rings (SSSR count). The molecular weight excluding hydrogens is 230 g/mol. The SMILES string of the molecule is O=C(O)Cc1ccccc1CNCC1CCCO1. The fourth-order valence-electron chi connectivity index (χ4n) is 2.24. The summed E-state index contributed by atoms with van der Waals surface area (Å²) in [7, 11) is 0. The van der Waals surface area contributed by atoms with Crippen LogP contribution in [0.25, 0.3) is 0 Å². The fraction of sp³-hybridized carbons (Fsp3) is 0.500. The minimum absolute atomic E-state index is 0.0811. The predicted octanol–water partition coefficient (Wildman–Crippen LogP) is 1.58. The summed E-state index contributed by atoms with van der Waals surface area (Å²) in [6, 6.07) is 7.66. The van der Waals surface area contributed by atoms with Crippen molar-refractivity contribution in [2.45, 2.75) is 31.9 Å². The van der Waals surface area contributed by atoms with Crippen LogP contribution >= 0.6 is 0 Å². The molecule has 1 aliphatic heterocycles. The molecule has 1 atom stereocenters. The number of aliphatic carboxylic acids is 1. The van der Waals surface area contributed by atoms with Crippen molar-refractivity contribution in [1.82, 2.24) is 5.32 Å². The van der Waals surface area contributed by atoms with Crippen LogP contribution in [0.5, 0.6) is 0 Å². The lowest BCUT2D eigenvalue weighted by Crippen LogP contribution is -2.26. The van der Waals surface area contributed by atoms with Gasteiger partial charge in [0.2, 0.25) is 0 Å². The van der Waals surface area contributed by atoms with Crippen LogP contribution in [-0.2, 0) is 22.5 Å². The summed E-state index contributed by atoms with van der Waals surface area (Å²) in [6.07, 6.45) is 2.65. The summed E-state index contributed by atoms with van der Waals surface area (Å²) in [4.78, 5) is 10.8. The van der Waals surface area contributed by atoms with E-state index >= 15 is 0 Å². The van der Waals surface area contributed by atoms with Crippen LogP contribution in [0.15, 0.2) is 24.3 Å². The van der Waals surface area contributed by atoms with Crippen LogP contribution in [0.1, 0.15) is 24.0 Å². The van der Waals surface area contributed by atoms with E-state index < -0.39 is 5.97 Å². The summed E-state index contributed by atoms with van der Waals surface area (Å²) in [6.45, 7) is 2.40. The highest BCUT2D eigenvalue weighted by Crippen LogP contribution is 2.12. The highest BCUT2D eigenvalue weighted by Gasteiger charge is 2.14. The van der Waals surface area contributed by atoms with Crippen molar-refractivity contribution in [3.05, 3.63) is 35.4 Å². The van der Waals surface area contributed by atoms with Crippen molar-refractivity contribution in [1.29, 1.82) is 0 Å². The van der Waals surface area contributed by atoms with E-state index in [2.05, 4.69) is 5.32 Å². The second kappa shape index (κ2) is 6.52. The van der Waals surface area contributed by atoms with Crippen LogP contribution in [0.3, 0.4) is 0 Å². The maximum absolute atomic E-state index is 10.8. The van der Waals surface area contributed by atoms with E-state index in [0.29, 0.717) is 12.6 Å². The van der Waals surface area contributed by atoms with Crippen LogP contribution in [0.2, 0.25) is 0 Å². The maximum Gasteiger partial charge on any atom is 0.307 e. The van der Waals surface area contributed by atoms with Gasteiger partial charge in [0.1, 0.15) is 0 Å². The highest BCUT2D eigenvalue weighted by atomic mass is 16.5. The van der Waals surface area contributed by atoms with Gasteiger partial charge in [-0.3, -0.25) is 4.79 Å². The molecule has 4 nitrogen and oxygen atoms in total. The molecule has 1 fully saturated rings. The second-order valence-corrected chi connectivity index (χ2v) is 4.61. The number of carboxylic acids is 1. The largest absolute Gasteiger partial charge is 0.481 e. The Bertz CT molecular complexity index is 400. The summed E-state index contributed by atoms with van der Waals surface area (Å²) >= 11 is 0. The Labute approximate surface area is 107 Å². The van der Waals surface area contributed by atoms with Gasteiger partial charge in [0.05, 0.1) is 12.5 Å². The van der Waals surface area contributed by atoms with E-state index in [1.165, 1.54) is 0 Å². The minimum Gasteiger partial charge on any atom is -0.481 e. The Morgan fingerprint density at radius 1 is 1.39 bits per heavy atom. The Balaban J connectivity index is 1.85. The summed E-state index contributed by atoms with van der Waals surface area (Å²) in [5, 5.41) is 12.2. The molecule has 4 heteroatoms. The maximum atomic E-state index is 10.8. The van der Waals surface area contributed by atoms with Gasteiger partial charge in [-0.2, -0.15) is 0 Å². The average molecular weight is 249 g/mol. The fourth-order valence-corrected chi connectivity index (χ4v) is 2.24. The first-order chi connectivity index (χ1) is 8.75. The van der Waals surface area contributed by atoms with Gasteiger partial charge in [0.15, 0.2) is 0 Å². The molecule has 0 radical (unpaired) electrons. The molecule has 1 aliphatic rings. The molecule has 18 heavy (non-hydrogen) atoms. The summed E-state index contributed by atoms with van der Waals surface area (Å²) in [5.74, 6) is -0.790. The average Bonchev–Trinajstić information content (AvgIpc) is 2.84. The van der Waals surface area contributed by atoms with Gasteiger partial charge in [0, 0.05) is 19.7 Å². The lowest BCUT2D eigenvalue weighted by Gasteiger charge is -2.12. The quantitative estimate of drug-likeness (QED) is 0.803. The first-order valence-corrected chi connectivity index (χ1v) is 6.36. The Hall–Kier alpha value is -1.39. The molecule has 98 valence electrons. The summed E-state index contributed by atoms with van der Waals surface area (Å²) < 4.78 is 5.53. The van der Waals surface area contributed by atoms with E-state index in [4.69, 9.17) is 9.84 Å². The normalized spacial score (nSPS) is 19.0. The number of benzene rings is 1. The molecule has 2 N–H and O–H groups in total. The van der Waals surface area contributed by atoms with E-state index in [1.54, 1.807) is 0 Å². The molecular formula is C14H19NO3. The van der Waals surface area contributed by atoms with E-state index in [0.717, 1.165) is 37.1 Å². The third-order valence-electron chi connectivity index (χ3n) is 3.17. The number of nitrogens with one attached hydrogen (secondary N) is 1. The monoisotopic (exact) mass is 249 g/mol. The van der Waals surface area contributed by atoms with Crippen LogP contribution in [0, 0.1) is 0 Å². The van der Waals surface area contributed by atoms with Crippen molar-refractivity contribution >= 4 is 5.97 Å². The van der Waals surface area contributed by atoms with Gasteiger partial charge in [-0.1, -0.05) is 24.3 Å². The molecule has 0 amide bonds. The van der Waals surface area contributed by atoms with Crippen LogP contribution in [-0.4, -0.2) is 30.3 Å². The lowest BCUT2D eigenvalue weighted by molar-refractivity contribution is -0.136. The molecule has 0 bridgehead atoms. The van der Waals surface area contributed by atoms with Crippen molar-refractivity contribution in [2.24, 2.45) is 0 Å². The Morgan fingerprint density at radius 2 is 2.17 bits per heavy atom. The van der Waals surface area contributed by atoms with E-state index in [1.807, 2.05) is 24.3 Å². The number of hydrogen-bond acceptors (Lipinski definition) is 3. The number of carbonyl (C=O) groups is 1. The molecule has 0 saturated carbocycles. The zero-order valence-electron chi connectivity index (χ0n) is 10.4. The molecule has 0 aromatic heterocycles. The summed E-state index contributed by atoms with van der Waals surface area (Å²) in [5.41, 5.74) is 1.93. The zero-order chi connectivity index (χ0) is 12.8. The van der Waals surface area contributed by atoms with Crippen LogP contribution < -0.4 is 5.32 Å².